The van der Waals surface area contributed by atoms with Gasteiger partial charge in [0.25, 0.3) is 0 Å². The highest BCUT2D eigenvalue weighted by atomic mass is 79.9. The number of halogens is 3. The van der Waals surface area contributed by atoms with Crippen LogP contribution >= 0.6 is 43.5 Å². The molecule has 19 heavy (non-hydrogen) atoms. The van der Waals surface area contributed by atoms with Crippen LogP contribution in [-0.4, -0.2) is 7.11 Å². The minimum absolute atomic E-state index is 0.198. The highest BCUT2D eigenvalue weighted by Crippen LogP contribution is 2.36. The smallest absolute Gasteiger partial charge is 0.120 e. The van der Waals surface area contributed by atoms with E-state index >= 15 is 0 Å². The molecule has 0 fully saturated rings. The summed E-state index contributed by atoms with van der Waals surface area (Å²) in [4.78, 5) is 0. The van der Waals surface area contributed by atoms with Crippen molar-refractivity contribution in [3.05, 3.63) is 62.0 Å². The van der Waals surface area contributed by atoms with Gasteiger partial charge in [-0.05, 0) is 47.9 Å². The number of rotatable bonds is 3. The second-order valence-corrected chi connectivity index (χ2v) is 6.52. The summed E-state index contributed by atoms with van der Waals surface area (Å²) in [6.07, 6.45) is 0. The van der Waals surface area contributed by atoms with Crippen molar-refractivity contribution < 1.29 is 4.74 Å². The molecular weight excluding hydrogens is 391 g/mol. The fraction of sp³-hybridized carbons (Fsp3) is 0.200. The van der Waals surface area contributed by atoms with Crippen LogP contribution in [0.1, 0.15) is 22.1 Å². The lowest BCUT2D eigenvalue weighted by Gasteiger charge is -2.14. The van der Waals surface area contributed by atoms with Gasteiger partial charge < -0.3 is 4.74 Å². The van der Waals surface area contributed by atoms with Crippen molar-refractivity contribution >= 4 is 43.5 Å². The molecule has 1 unspecified atom stereocenters. The molecule has 0 amide bonds. The number of hydrogen-bond donors (Lipinski definition) is 0. The molecule has 0 aliphatic heterocycles. The number of ether oxygens (including phenoxy) is 1. The average Bonchev–Trinajstić information content (AvgIpc) is 2.36. The summed E-state index contributed by atoms with van der Waals surface area (Å²) in [6, 6.07) is 12.0. The quantitative estimate of drug-likeness (QED) is 0.583. The van der Waals surface area contributed by atoms with E-state index in [0.717, 1.165) is 25.8 Å². The lowest BCUT2D eigenvalue weighted by Crippen LogP contribution is -1.96. The van der Waals surface area contributed by atoms with Gasteiger partial charge in [0.05, 0.1) is 12.5 Å². The number of hydrogen-bond acceptors (Lipinski definition) is 1. The van der Waals surface area contributed by atoms with Gasteiger partial charge in [-0.15, -0.1) is 11.6 Å². The summed E-state index contributed by atoms with van der Waals surface area (Å²) in [5.41, 5.74) is 3.28. The topological polar surface area (TPSA) is 9.23 Å². The average molecular weight is 405 g/mol. The Hall–Kier alpha value is -0.510. The van der Waals surface area contributed by atoms with Gasteiger partial charge in [0.2, 0.25) is 0 Å². The first-order valence-electron chi connectivity index (χ1n) is 5.76. The first kappa shape index (κ1) is 14.9. The van der Waals surface area contributed by atoms with E-state index in [0.29, 0.717) is 0 Å². The summed E-state index contributed by atoms with van der Waals surface area (Å²) in [5, 5.41) is -0.198. The Bertz CT molecular complexity index is 578. The van der Waals surface area contributed by atoms with Crippen molar-refractivity contribution in [3.8, 4) is 5.75 Å². The first-order valence-corrected chi connectivity index (χ1v) is 7.78. The monoisotopic (exact) mass is 402 g/mol. The van der Waals surface area contributed by atoms with Crippen LogP contribution in [0.25, 0.3) is 0 Å². The standard InChI is InChI=1S/C15H13Br2ClO/c1-9-5-10(7-11(16)6-9)15(18)13-4-3-12(19-2)8-14(13)17/h3-8,15H,1-2H3. The van der Waals surface area contributed by atoms with Gasteiger partial charge in [0.15, 0.2) is 0 Å². The Morgan fingerprint density at radius 1 is 1.11 bits per heavy atom. The van der Waals surface area contributed by atoms with E-state index < -0.39 is 0 Å². The van der Waals surface area contributed by atoms with Crippen molar-refractivity contribution in [1.82, 2.24) is 0 Å². The fourth-order valence-corrected chi connectivity index (χ4v) is 3.59. The molecule has 1 nitrogen and oxygen atoms in total. The summed E-state index contributed by atoms with van der Waals surface area (Å²) in [6.45, 7) is 2.06. The first-order chi connectivity index (χ1) is 9.01. The SMILES string of the molecule is COc1ccc(C(Cl)c2cc(C)cc(Br)c2)c(Br)c1. The molecule has 0 N–H and O–H groups in total. The highest BCUT2D eigenvalue weighted by molar-refractivity contribution is 9.10. The van der Waals surface area contributed by atoms with E-state index in [1.165, 1.54) is 5.56 Å². The van der Waals surface area contributed by atoms with Gasteiger partial charge in [-0.3, -0.25) is 0 Å². The van der Waals surface area contributed by atoms with Crippen LogP contribution in [0.3, 0.4) is 0 Å². The van der Waals surface area contributed by atoms with Crippen LogP contribution in [0.2, 0.25) is 0 Å². The van der Waals surface area contributed by atoms with Crippen molar-refractivity contribution in [2.75, 3.05) is 7.11 Å². The van der Waals surface area contributed by atoms with Crippen LogP contribution in [-0.2, 0) is 0 Å². The van der Waals surface area contributed by atoms with Crippen molar-refractivity contribution in [2.24, 2.45) is 0 Å². The van der Waals surface area contributed by atoms with Gasteiger partial charge in [-0.1, -0.05) is 44.0 Å². The molecule has 0 saturated carbocycles. The summed E-state index contributed by atoms with van der Waals surface area (Å²) in [7, 11) is 1.65. The van der Waals surface area contributed by atoms with Gasteiger partial charge in [0, 0.05) is 8.95 Å². The molecule has 4 heteroatoms. The molecule has 0 bridgehead atoms. The Morgan fingerprint density at radius 2 is 1.84 bits per heavy atom. The van der Waals surface area contributed by atoms with Crippen molar-refractivity contribution in [1.29, 1.82) is 0 Å². The molecule has 0 aliphatic carbocycles. The highest BCUT2D eigenvalue weighted by Gasteiger charge is 2.15. The Labute approximate surface area is 135 Å². The molecular formula is C15H13Br2ClO. The van der Waals surface area contributed by atoms with Gasteiger partial charge in [-0.2, -0.15) is 0 Å². The second kappa shape index (κ2) is 6.29. The van der Waals surface area contributed by atoms with E-state index in [4.69, 9.17) is 16.3 Å². The third-order valence-corrected chi connectivity index (χ3v) is 4.47. The molecule has 2 aromatic carbocycles. The maximum atomic E-state index is 6.58. The van der Waals surface area contributed by atoms with E-state index in [9.17, 15) is 0 Å². The molecule has 0 radical (unpaired) electrons. The van der Waals surface area contributed by atoms with Gasteiger partial charge in [-0.25, -0.2) is 0 Å². The van der Waals surface area contributed by atoms with Crippen molar-refractivity contribution in [2.45, 2.75) is 12.3 Å². The van der Waals surface area contributed by atoms with E-state index in [2.05, 4.69) is 50.9 Å². The second-order valence-electron chi connectivity index (χ2n) is 4.31. The third-order valence-electron chi connectivity index (χ3n) is 2.84. The summed E-state index contributed by atoms with van der Waals surface area (Å²) >= 11 is 13.6. The maximum absolute atomic E-state index is 6.58. The van der Waals surface area contributed by atoms with Crippen LogP contribution < -0.4 is 4.74 Å². The predicted octanol–water partition coefficient (Wildman–Crippen LogP) is 5.86. The zero-order valence-electron chi connectivity index (χ0n) is 10.6. The number of alkyl halides is 1. The minimum Gasteiger partial charge on any atom is -0.497 e. The minimum atomic E-state index is -0.198. The molecule has 0 saturated heterocycles. The third kappa shape index (κ3) is 3.53. The fourth-order valence-electron chi connectivity index (χ4n) is 1.93. The number of methoxy groups -OCH3 is 1. The van der Waals surface area contributed by atoms with Crippen LogP contribution in [0, 0.1) is 6.92 Å². The zero-order valence-corrected chi connectivity index (χ0v) is 14.5. The normalized spacial score (nSPS) is 12.3. The summed E-state index contributed by atoms with van der Waals surface area (Å²) in [5.74, 6) is 0.810. The molecule has 0 heterocycles. The Morgan fingerprint density at radius 3 is 2.42 bits per heavy atom. The maximum Gasteiger partial charge on any atom is 0.120 e. The molecule has 2 rings (SSSR count). The molecule has 2 aromatic rings. The van der Waals surface area contributed by atoms with Crippen LogP contribution in [0.5, 0.6) is 5.75 Å². The van der Waals surface area contributed by atoms with Gasteiger partial charge >= 0.3 is 0 Å². The largest absolute Gasteiger partial charge is 0.497 e. The number of aryl methyl sites for hydroxylation is 1. The molecule has 1 atom stereocenters. The molecule has 0 aliphatic rings. The van der Waals surface area contributed by atoms with Gasteiger partial charge in [0.1, 0.15) is 5.75 Å². The lowest BCUT2D eigenvalue weighted by molar-refractivity contribution is 0.414. The van der Waals surface area contributed by atoms with E-state index in [1.54, 1.807) is 7.11 Å². The number of benzene rings is 2. The Balaban J connectivity index is 2.40. The van der Waals surface area contributed by atoms with Crippen LogP contribution in [0.4, 0.5) is 0 Å². The molecule has 100 valence electrons. The van der Waals surface area contributed by atoms with E-state index in [1.807, 2.05) is 24.3 Å². The lowest BCUT2D eigenvalue weighted by atomic mass is 10.0. The summed E-state index contributed by atoms with van der Waals surface area (Å²) < 4.78 is 7.18. The zero-order chi connectivity index (χ0) is 14.0. The van der Waals surface area contributed by atoms with Crippen molar-refractivity contribution in [3.63, 3.8) is 0 Å². The van der Waals surface area contributed by atoms with Crippen LogP contribution in [0.15, 0.2) is 45.3 Å². The van der Waals surface area contributed by atoms with E-state index in [-0.39, 0.29) is 5.38 Å². The molecule has 0 aromatic heterocycles. The predicted molar refractivity (Wildman–Crippen MR) is 87.3 cm³/mol. The molecule has 0 spiro atoms. The Kier molecular flexibility index (Phi) is 4.93.